The number of alkyl halides is 4. The van der Waals surface area contributed by atoms with Gasteiger partial charge in [-0.25, -0.2) is 0 Å². The zero-order valence-electron chi connectivity index (χ0n) is 74.1. The van der Waals surface area contributed by atoms with E-state index in [0.29, 0.717) is 19.0 Å². The number of rotatable bonds is 32. The Balaban J connectivity index is -0.000000281. The van der Waals surface area contributed by atoms with Crippen LogP contribution in [0.2, 0.25) is 0 Å². The molecule has 113 heavy (non-hydrogen) atoms. The van der Waals surface area contributed by atoms with E-state index in [2.05, 4.69) is 87.3 Å². The smallest absolute Gasteiger partial charge is 0.162 e. The molecule has 6 aromatic carbocycles. The average Bonchev–Trinajstić information content (AvgIpc) is 1.93. The molecular formula is C93H160Br3ClN4O12. The van der Waals surface area contributed by atoms with Crippen LogP contribution in [0.4, 0.5) is 0 Å². The summed E-state index contributed by atoms with van der Waals surface area (Å²) in [5, 5.41) is 8.63. The summed E-state index contributed by atoms with van der Waals surface area (Å²) in [5.74, 6) is 10.4. The number of nitrogens with zero attached hydrogens (tertiary/aromatic N) is 4. The number of halogens is 4. The van der Waals surface area contributed by atoms with Gasteiger partial charge in [-0.3, -0.25) is 19.6 Å². The van der Waals surface area contributed by atoms with Crippen LogP contribution in [0.1, 0.15) is 200 Å². The molecule has 20 heteroatoms. The van der Waals surface area contributed by atoms with Crippen molar-refractivity contribution in [1.82, 2.24) is 19.6 Å². The third kappa shape index (κ3) is 79.4. The van der Waals surface area contributed by atoms with Crippen LogP contribution in [0.5, 0.6) is 34.5 Å². The highest BCUT2D eigenvalue weighted by Crippen LogP contribution is 2.17. The van der Waals surface area contributed by atoms with E-state index in [1.165, 1.54) is 129 Å². The molecule has 1 N–H and O–H groups in total. The molecule has 0 radical (unpaired) electrons. The van der Waals surface area contributed by atoms with Gasteiger partial charge in [0.2, 0.25) is 0 Å². The van der Waals surface area contributed by atoms with Crippen LogP contribution in [-0.4, -0.2) is 187 Å². The van der Waals surface area contributed by atoms with Gasteiger partial charge in [-0.05, 0) is 202 Å². The fourth-order valence-corrected chi connectivity index (χ4v) is 9.97. The van der Waals surface area contributed by atoms with Crippen LogP contribution < -0.4 is 23.7 Å². The summed E-state index contributed by atoms with van der Waals surface area (Å²) in [7, 11) is 3.34. The number of para-hydroxylation sites is 6. The van der Waals surface area contributed by atoms with Gasteiger partial charge >= 0.3 is 0 Å². The molecule has 0 spiro atoms. The van der Waals surface area contributed by atoms with Crippen LogP contribution in [-0.2, 0) is 28.4 Å². The first-order valence-electron chi connectivity index (χ1n) is 41.5. The maximum atomic E-state index is 8.63. The number of phenols is 1. The molecule has 0 bridgehead atoms. The van der Waals surface area contributed by atoms with Gasteiger partial charge in [-0.15, -0.1) is 0 Å². The van der Waals surface area contributed by atoms with Gasteiger partial charge in [0.15, 0.2) is 24.9 Å². The molecule has 0 aliphatic carbocycles. The Kier molecular flexibility index (Phi) is 107. The molecule has 0 atom stereocenters. The van der Waals surface area contributed by atoms with Crippen LogP contribution in [0.3, 0.4) is 0 Å². The van der Waals surface area contributed by atoms with Crippen molar-refractivity contribution >= 4 is 59.4 Å². The molecule has 4 fully saturated rings. The number of benzene rings is 6. The molecule has 0 amide bonds. The van der Waals surface area contributed by atoms with Gasteiger partial charge in [-0.1, -0.05) is 263 Å². The van der Waals surface area contributed by atoms with Crippen molar-refractivity contribution in [2.45, 2.75) is 219 Å². The lowest BCUT2D eigenvalue weighted by atomic mass is 10.2. The molecule has 10 rings (SSSR count). The van der Waals surface area contributed by atoms with Gasteiger partial charge < -0.3 is 57.2 Å². The van der Waals surface area contributed by atoms with Gasteiger partial charge in [0.25, 0.3) is 0 Å². The molecule has 6 aromatic rings. The average molecular weight is 1800 g/mol. The minimum absolute atomic E-state index is 0.00458. The van der Waals surface area contributed by atoms with Crippen molar-refractivity contribution in [3.05, 3.63) is 194 Å². The fourth-order valence-electron chi connectivity index (χ4n) is 9.85. The van der Waals surface area contributed by atoms with Crippen molar-refractivity contribution in [2.75, 3.05) is 143 Å². The van der Waals surface area contributed by atoms with Crippen LogP contribution in [0.25, 0.3) is 0 Å². The van der Waals surface area contributed by atoms with Crippen LogP contribution >= 0.6 is 59.4 Å². The highest BCUT2D eigenvalue weighted by molar-refractivity contribution is 9.09. The second-order valence-corrected chi connectivity index (χ2v) is 23.4. The molecule has 4 aliphatic heterocycles. The van der Waals surface area contributed by atoms with Crippen LogP contribution in [0.15, 0.2) is 194 Å². The Morgan fingerprint density at radius 1 is 0.345 bits per heavy atom. The van der Waals surface area contributed by atoms with Gasteiger partial charge in [0.05, 0.1) is 0 Å². The van der Waals surface area contributed by atoms with E-state index < -0.39 is 0 Å². The molecular weight excluding hydrogens is 1640 g/mol. The topological polar surface area (TPSA) is 135 Å². The fraction of sp³-hybridized carbons (Fsp3) is 0.591. The lowest BCUT2D eigenvalue weighted by Gasteiger charge is -2.15. The molecule has 4 heterocycles. The molecule has 0 unspecified atom stereocenters. The second kappa shape index (κ2) is 101. The number of unbranched alkanes of at least 4 members (excludes halogenated alkanes) is 2. The lowest BCUT2D eigenvalue weighted by molar-refractivity contribution is -0.140. The van der Waals surface area contributed by atoms with Gasteiger partial charge in [-0.2, -0.15) is 0 Å². The Bertz CT molecular complexity index is 2390. The zero-order chi connectivity index (χ0) is 85.5. The summed E-state index contributed by atoms with van der Waals surface area (Å²) in [6.07, 6.45) is 22.2. The minimum atomic E-state index is -0.0544. The molecule has 0 aromatic heterocycles. The summed E-state index contributed by atoms with van der Waals surface area (Å²) in [5.41, 5.74) is 0. The zero-order valence-corrected chi connectivity index (χ0v) is 79.6. The highest BCUT2D eigenvalue weighted by Gasteiger charge is 2.14. The van der Waals surface area contributed by atoms with E-state index in [4.69, 9.17) is 68.8 Å². The number of methoxy groups -OCH3 is 2. The van der Waals surface area contributed by atoms with E-state index >= 15 is 0 Å². The van der Waals surface area contributed by atoms with E-state index in [1.54, 1.807) is 38.5 Å². The largest absolute Gasteiger partial charge is 0.508 e. The molecule has 652 valence electrons. The molecule has 4 saturated heterocycles. The first-order chi connectivity index (χ1) is 55.7. The van der Waals surface area contributed by atoms with E-state index in [0.717, 1.165) is 88.1 Å². The maximum Gasteiger partial charge on any atom is 0.162 e. The summed E-state index contributed by atoms with van der Waals surface area (Å²) in [4.78, 5) is 9.36. The van der Waals surface area contributed by atoms with Gasteiger partial charge in [0.1, 0.15) is 61.4 Å². The molecule has 0 saturated carbocycles. The number of phenolic OH excluding ortho intramolecular Hbond substituents is 1. The van der Waals surface area contributed by atoms with Crippen molar-refractivity contribution < 1.29 is 57.2 Å². The first kappa shape index (κ1) is 119. The summed E-state index contributed by atoms with van der Waals surface area (Å²) >= 11 is 14.1. The maximum absolute atomic E-state index is 8.63. The number of hydrogen-bond donors (Lipinski definition) is 1. The number of allylic oxidation sites excluding steroid dienone is 1. The quantitative estimate of drug-likeness (QED) is 0.0244. The second-order valence-electron chi connectivity index (χ2n) is 23.2. The normalized spacial score (nSPS) is 12.7. The summed E-state index contributed by atoms with van der Waals surface area (Å²) in [6.45, 7) is 45.6. The van der Waals surface area contributed by atoms with Crippen LogP contribution in [0, 0.1) is 0 Å². The summed E-state index contributed by atoms with van der Waals surface area (Å²) < 4.78 is 58.7. The Hall–Kier alpha value is -4.81. The number of hydrogen-bond acceptors (Lipinski definition) is 16. The third-order valence-electron chi connectivity index (χ3n) is 15.2. The predicted octanol–water partition coefficient (Wildman–Crippen LogP) is 26.0. The van der Waals surface area contributed by atoms with Crippen molar-refractivity contribution in [3.63, 3.8) is 0 Å². The highest BCUT2D eigenvalue weighted by atomic mass is 79.9. The standard InChI is InChI=1S/4C11H15NO.C9H20O2.C9H18O2.C7H7ClO.C7H16O2.C6H6O.4C2H6.3CH3Br/c4*1-2-6-11(7-3-1)13-10-12-8-4-5-9-12;2*1-4-7-8-9(10-5-2)11-6-3;8-6-9-7-4-2-1-3-5-7;1-4-5-6-7(8-2)9-3;7-6-4-2-1-3-5-6;7*1-2/h4*1-3,6-7H,4-5,8-10H2;9H,4-8H2,1-3H3;4,7,9H,5-6,8H2,1-3H3;1-5H,6H2;7H,4-6H2,1-3H3;1-5,7H;4*1-2H3;3*1H3/b;;;;;7-4+;;;;;;;;;;. The predicted molar refractivity (Wildman–Crippen MR) is 497 cm³/mol. The molecule has 4 aliphatic rings. The number of aromatic hydroxyl groups is 1. The minimum Gasteiger partial charge on any atom is -0.508 e. The lowest BCUT2D eigenvalue weighted by Crippen LogP contribution is -2.24. The van der Waals surface area contributed by atoms with E-state index in [1.807, 2.05) is 271 Å². The SMILES string of the molecule is C/C=C/CC(OCC)OCC.CBr.CBr.CBr.CC.CC.CC.CC.CCCCC(OC)OC.CCCCC(OCC)OCC.ClCOc1ccccc1.Oc1ccccc1.c1ccc(OCN2CCCC2)cc1.c1ccc(OCN2CCCC2)cc1.c1ccc(OCN2CCCC2)cc1.c1ccc(OCN2CCCC2)cc1. The monoisotopic (exact) mass is 1800 g/mol. The van der Waals surface area contributed by atoms with Crippen molar-refractivity contribution in [1.29, 1.82) is 0 Å². The van der Waals surface area contributed by atoms with Crippen molar-refractivity contribution in [3.8, 4) is 34.5 Å². The Morgan fingerprint density at radius 2 is 0.566 bits per heavy atom. The molecule has 16 nitrogen and oxygen atoms in total. The summed E-state index contributed by atoms with van der Waals surface area (Å²) in [6, 6.07) is 58.4. The number of ether oxygens (including phenoxy) is 11. The Labute approximate surface area is 722 Å². The van der Waals surface area contributed by atoms with E-state index in [9.17, 15) is 0 Å². The number of likely N-dealkylation sites (tertiary alicyclic amines) is 4. The van der Waals surface area contributed by atoms with Crippen molar-refractivity contribution in [2.24, 2.45) is 0 Å². The first-order valence-corrected chi connectivity index (χ1v) is 46.8. The van der Waals surface area contributed by atoms with Gasteiger partial charge in [0, 0.05) is 99.4 Å². The third-order valence-corrected chi connectivity index (χ3v) is 15.3. The Morgan fingerprint density at radius 3 is 0.761 bits per heavy atom. The van der Waals surface area contributed by atoms with E-state index in [-0.39, 0.29) is 24.9 Å².